The van der Waals surface area contributed by atoms with Crippen LogP contribution in [0.2, 0.25) is 10.0 Å². The Morgan fingerprint density at radius 3 is 2.52 bits per heavy atom. The highest BCUT2D eigenvalue weighted by atomic mass is 35.5. The van der Waals surface area contributed by atoms with Crippen LogP contribution in [-0.2, 0) is 15.7 Å². The van der Waals surface area contributed by atoms with Crippen LogP contribution in [0.25, 0.3) is 17.3 Å². The van der Waals surface area contributed by atoms with E-state index in [4.69, 9.17) is 27.9 Å². The predicted molar refractivity (Wildman–Crippen MR) is 184 cm³/mol. The summed E-state index contributed by atoms with van der Waals surface area (Å²) in [6, 6.07) is 8.47. The highest BCUT2D eigenvalue weighted by Gasteiger charge is 2.39. The van der Waals surface area contributed by atoms with Crippen LogP contribution in [0.15, 0.2) is 53.9 Å². The van der Waals surface area contributed by atoms with Crippen molar-refractivity contribution in [2.75, 3.05) is 29.9 Å². The van der Waals surface area contributed by atoms with Gasteiger partial charge in [0.25, 0.3) is 5.91 Å². The summed E-state index contributed by atoms with van der Waals surface area (Å²) in [7, 11) is 0. The van der Waals surface area contributed by atoms with Crippen molar-refractivity contribution in [3.05, 3.63) is 80.6 Å². The molecule has 1 N–H and O–H groups in total. The van der Waals surface area contributed by atoms with E-state index < -0.39 is 23.6 Å². The number of nitrogens with zero attached hydrogens (tertiary/aromatic N) is 3. The quantitative estimate of drug-likeness (QED) is 0.185. The highest BCUT2D eigenvalue weighted by molar-refractivity contribution is 7.20. The third-order valence-corrected chi connectivity index (χ3v) is 10.7. The first-order valence-corrected chi connectivity index (χ1v) is 17.6. The van der Waals surface area contributed by atoms with Crippen molar-refractivity contribution in [3.63, 3.8) is 0 Å². The molecule has 3 aliphatic rings. The summed E-state index contributed by atoms with van der Waals surface area (Å²) in [6.45, 7) is 5.19. The van der Waals surface area contributed by atoms with E-state index in [1.165, 1.54) is 73.4 Å². The van der Waals surface area contributed by atoms with Gasteiger partial charge in [-0.3, -0.25) is 10.1 Å². The first kappa shape index (κ1) is 34.3. The average molecular weight is 720 g/mol. The maximum absolute atomic E-state index is 13.7. The number of fused-ring (bicyclic) bond motifs is 1. The standard InChI is InChI=1S/C35H35Cl2F3N4O3S/c1-3-47-33(46)20(2)14-26-27(36)16-23(17-28(26)37)31(45)42-34-41-30(21-8-7-9-24(15-21)35(38,39)40)32(48-34)43-18-22-12-13-44(29(22)19-43)25-10-5-4-6-11-25/h7-9,14-17,19,22,25H,3-6,10-13,18H2,1-2H3,(H,41,42,45)/b20-14+. The fourth-order valence-electron chi connectivity index (χ4n) is 6.68. The molecule has 1 atom stereocenters. The topological polar surface area (TPSA) is 74.8 Å². The van der Waals surface area contributed by atoms with Gasteiger partial charge in [0.1, 0.15) is 10.7 Å². The van der Waals surface area contributed by atoms with Gasteiger partial charge in [0, 0.05) is 59.2 Å². The van der Waals surface area contributed by atoms with Crippen LogP contribution < -0.4 is 10.2 Å². The molecule has 0 spiro atoms. The molecule has 3 aromatic rings. The molecule has 2 fully saturated rings. The van der Waals surface area contributed by atoms with Gasteiger partial charge in [0.2, 0.25) is 0 Å². The zero-order chi connectivity index (χ0) is 34.2. The molecule has 0 bridgehead atoms. The number of nitrogens with one attached hydrogen (secondary N) is 1. The van der Waals surface area contributed by atoms with Crippen LogP contribution in [0.1, 0.15) is 73.9 Å². The molecule has 2 aliphatic heterocycles. The van der Waals surface area contributed by atoms with Crippen molar-refractivity contribution in [1.82, 2.24) is 9.88 Å². The molecule has 3 heterocycles. The van der Waals surface area contributed by atoms with Crippen LogP contribution in [0.4, 0.5) is 23.3 Å². The van der Waals surface area contributed by atoms with E-state index in [0.29, 0.717) is 40.3 Å². The van der Waals surface area contributed by atoms with Crippen LogP contribution in [0, 0.1) is 5.92 Å². The van der Waals surface area contributed by atoms with Crippen molar-refractivity contribution in [2.45, 2.75) is 64.6 Å². The van der Waals surface area contributed by atoms with Gasteiger partial charge in [-0.1, -0.05) is 65.9 Å². The van der Waals surface area contributed by atoms with E-state index in [2.05, 4.69) is 26.3 Å². The maximum Gasteiger partial charge on any atom is 0.416 e. The lowest BCUT2D eigenvalue weighted by Crippen LogP contribution is -2.33. The van der Waals surface area contributed by atoms with Crippen molar-refractivity contribution in [2.24, 2.45) is 5.92 Å². The van der Waals surface area contributed by atoms with Crippen molar-refractivity contribution in [3.8, 4) is 11.3 Å². The normalized spacial score (nSPS) is 18.6. The van der Waals surface area contributed by atoms with Crippen LogP contribution in [0.5, 0.6) is 0 Å². The van der Waals surface area contributed by atoms with Gasteiger partial charge < -0.3 is 14.5 Å². The third-order valence-electron chi connectivity index (χ3n) is 9.04. The Hall–Kier alpha value is -3.54. The number of ether oxygens (including phenoxy) is 1. The summed E-state index contributed by atoms with van der Waals surface area (Å²) in [5, 5.41) is 3.97. The molecule has 13 heteroatoms. The molecule has 0 radical (unpaired) electrons. The van der Waals surface area contributed by atoms with Gasteiger partial charge in [0.15, 0.2) is 5.13 Å². The molecule has 1 saturated heterocycles. The summed E-state index contributed by atoms with van der Waals surface area (Å²) in [5.41, 5.74) is 1.95. The number of thiazole rings is 1. The Labute approximate surface area is 291 Å². The van der Waals surface area contributed by atoms with Crippen LogP contribution >= 0.6 is 34.5 Å². The number of carbonyl (C=O) groups is 2. The fraction of sp³-hybridized carbons (Fsp3) is 0.400. The number of likely N-dealkylation sites (tertiary alicyclic amines) is 1. The summed E-state index contributed by atoms with van der Waals surface area (Å²) in [4.78, 5) is 34.8. The number of rotatable bonds is 8. The number of aromatic nitrogens is 1. The SMILES string of the molecule is CCOC(=O)/C(C)=C/c1c(Cl)cc(C(=O)Nc2nc(-c3cccc(C(F)(F)F)c3)c(N3C=C4C(CCN4C4CCCCC4)C3)s2)cc1Cl. The van der Waals surface area contributed by atoms with E-state index in [9.17, 15) is 22.8 Å². The molecule has 48 heavy (non-hydrogen) atoms. The average Bonchev–Trinajstić information content (AvgIpc) is 3.77. The number of alkyl halides is 3. The van der Waals surface area contributed by atoms with Gasteiger partial charge in [-0.05, 0) is 63.5 Å². The van der Waals surface area contributed by atoms with Crippen LogP contribution in [0.3, 0.4) is 0 Å². The summed E-state index contributed by atoms with van der Waals surface area (Å²) < 4.78 is 46.2. The number of amides is 1. The van der Waals surface area contributed by atoms with E-state index in [-0.39, 0.29) is 32.9 Å². The number of hydrogen-bond donors (Lipinski definition) is 1. The van der Waals surface area contributed by atoms with Gasteiger partial charge in [-0.15, -0.1) is 0 Å². The first-order chi connectivity index (χ1) is 22.9. The second-order valence-corrected chi connectivity index (χ2v) is 14.1. The maximum atomic E-state index is 13.7. The first-order valence-electron chi connectivity index (χ1n) is 16.0. The monoisotopic (exact) mass is 718 g/mol. The molecular formula is C35H35Cl2F3N4O3S. The van der Waals surface area contributed by atoms with Crippen molar-refractivity contribution >= 4 is 62.6 Å². The summed E-state index contributed by atoms with van der Waals surface area (Å²) >= 11 is 14.2. The predicted octanol–water partition coefficient (Wildman–Crippen LogP) is 9.67. The molecule has 2 aromatic carbocycles. The zero-order valence-corrected chi connectivity index (χ0v) is 28.8. The number of anilines is 2. The van der Waals surface area contributed by atoms with E-state index in [0.717, 1.165) is 25.1 Å². The molecule has 1 aromatic heterocycles. The van der Waals surface area contributed by atoms with E-state index in [1.54, 1.807) is 19.9 Å². The minimum atomic E-state index is -4.52. The van der Waals surface area contributed by atoms with Crippen LogP contribution in [-0.4, -0.2) is 47.5 Å². The number of benzene rings is 2. The lowest BCUT2D eigenvalue weighted by molar-refractivity contribution is -0.138. The number of halogens is 5. The van der Waals surface area contributed by atoms with Gasteiger partial charge in [-0.2, -0.15) is 13.2 Å². The summed E-state index contributed by atoms with van der Waals surface area (Å²) in [5.74, 6) is -0.736. The lowest BCUT2D eigenvalue weighted by atomic mass is 9.94. The zero-order valence-electron chi connectivity index (χ0n) is 26.5. The van der Waals surface area contributed by atoms with E-state index in [1.807, 2.05) is 0 Å². The lowest BCUT2D eigenvalue weighted by Gasteiger charge is -2.33. The number of carbonyl (C=O) groups excluding carboxylic acids is 2. The Balaban J connectivity index is 1.31. The van der Waals surface area contributed by atoms with Gasteiger partial charge in [0.05, 0.1) is 22.2 Å². The largest absolute Gasteiger partial charge is 0.463 e. The summed E-state index contributed by atoms with van der Waals surface area (Å²) in [6.07, 6.45) is 6.17. The molecule has 6 rings (SSSR count). The minimum absolute atomic E-state index is 0.147. The Morgan fingerprint density at radius 1 is 1.10 bits per heavy atom. The molecule has 1 saturated carbocycles. The third kappa shape index (κ3) is 7.23. The van der Waals surface area contributed by atoms with Gasteiger partial charge >= 0.3 is 12.1 Å². The molecule has 1 unspecified atom stereocenters. The number of hydrogen-bond acceptors (Lipinski definition) is 7. The molecule has 7 nitrogen and oxygen atoms in total. The Bertz CT molecular complexity index is 1760. The fourth-order valence-corrected chi connectivity index (χ4v) is 8.25. The molecular weight excluding hydrogens is 684 g/mol. The van der Waals surface area contributed by atoms with Gasteiger partial charge in [-0.25, -0.2) is 9.78 Å². The highest BCUT2D eigenvalue weighted by Crippen LogP contribution is 2.46. The molecule has 254 valence electrons. The minimum Gasteiger partial charge on any atom is -0.463 e. The molecule has 1 aliphatic carbocycles. The van der Waals surface area contributed by atoms with Crippen molar-refractivity contribution in [1.29, 1.82) is 0 Å². The smallest absolute Gasteiger partial charge is 0.416 e. The van der Waals surface area contributed by atoms with Crippen molar-refractivity contribution < 1.29 is 27.5 Å². The second-order valence-electron chi connectivity index (χ2n) is 12.3. The Kier molecular flexibility index (Phi) is 10.1. The Morgan fingerprint density at radius 2 is 1.83 bits per heavy atom. The number of esters is 1. The van der Waals surface area contributed by atoms with E-state index >= 15 is 0 Å². The second kappa shape index (κ2) is 14.1. The molecule has 1 amide bonds.